The molecule has 0 spiro atoms. The van der Waals surface area contributed by atoms with Crippen LogP contribution in [0.25, 0.3) is 0 Å². The molecule has 21 heavy (non-hydrogen) atoms. The maximum absolute atomic E-state index is 11.6. The first-order valence-corrected chi connectivity index (χ1v) is 6.76. The van der Waals surface area contributed by atoms with Gasteiger partial charge in [0.1, 0.15) is 11.4 Å². The van der Waals surface area contributed by atoms with Gasteiger partial charge in [-0.2, -0.15) is 0 Å². The largest absolute Gasteiger partial charge is 0.480 e. The van der Waals surface area contributed by atoms with Crippen molar-refractivity contribution in [3.8, 4) is 0 Å². The third-order valence-corrected chi connectivity index (χ3v) is 3.04. The SMILES string of the molecule is CC(C)(C)OC(=O)NC1CN(C(C(=O)O)c2ccco2)C1. The third kappa shape index (κ3) is 3.98. The molecule has 7 heteroatoms. The second kappa shape index (κ2) is 5.77. The quantitative estimate of drug-likeness (QED) is 0.877. The molecule has 2 N–H and O–H groups in total. The molecule has 1 aromatic rings. The average Bonchev–Trinajstić information content (AvgIpc) is 2.76. The van der Waals surface area contributed by atoms with Crippen LogP contribution in [0.15, 0.2) is 22.8 Å². The van der Waals surface area contributed by atoms with Crippen LogP contribution >= 0.6 is 0 Å². The normalized spacial score (nSPS) is 17.9. The zero-order valence-corrected chi connectivity index (χ0v) is 12.3. The van der Waals surface area contributed by atoms with Gasteiger partial charge in [0.15, 0.2) is 6.04 Å². The molecule has 1 aliphatic heterocycles. The average molecular weight is 296 g/mol. The van der Waals surface area contributed by atoms with Gasteiger partial charge in [-0.1, -0.05) is 0 Å². The van der Waals surface area contributed by atoms with Gasteiger partial charge in [0, 0.05) is 13.1 Å². The molecule has 0 bridgehead atoms. The van der Waals surface area contributed by atoms with Crippen molar-refractivity contribution in [3.05, 3.63) is 24.2 Å². The maximum atomic E-state index is 11.6. The Balaban J connectivity index is 1.85. The molecule has 1 fully saturated rings. The number of likely N-dealkylation sites (tertiary alicyclic amines) is 1. The lowest BCUT2D eigenvalue weighted by Crippen LogP contribution is -2.61. The Morgan fingerprint density at radius 2 is 2.14 bits per heavy atom. The van der Waals surface area contributed by atoms with E-state index in [4.69, 9.17) is 9.15 Å². The van der Waals surface area contributed by atoms with Crippen molar-refractivity contribution in [2.24, 2.45) is 0 Å². The minimum Gasteiger partial charge on any atom is -0.480 e. The van der Waals surface area contributed by atoms with Crippen LogP contribution in [-0.2, 0) is 9.53 Å². The number of carboxylic acid groups (broad SMARTS) is 1. The first-order chi connectivity index (χ1) is 9.76. The number of carbonyl (C=O) groups is 2. The van der Waals surface area contributed by atoms with Crippen molar-refractivity contribution in [1.82, 2.24) is 10.2 Å². The van der Waals surface area contributed by atoms with Crippen LogP contribution in [-0.4, -0.2) is 46.8 Å². The Labute approximate surface area is 122 Å². The lowest BCUT2D eigenvalue weighted by atomic mass is 10.0. The standard InChI is InChI=1S/C14H20N2O5/c1-14(2,3)21-13(19)15-9-7-16(8-9)11(12(17)18)10-5-4-6-20-10/h4-6,9,11H,7-8H2,1-3H3,(H,15,19)(H,17,18). The Hall–Kier alpha value is -2.02. The summed E-state index contributed by atoms with van der Waals surface area (Å²) in [6.45, 7) is 6.25. The van der Waals surface area contributed by atoms with Gasteiger partial charge in [-0.15, -0.1) is 0 Å². The van der Waals surface area contributed by atoms with E-state index in [0.29, 0.717) is 18.8 Å². The van der Waals surface area contributed by atoms with Crippen LogP contribution in [0.3, 0.4) is 0 Å². The van der Waals surface area contributed by atoms with Crippen molar-refractivity contribution < 1.29 is 23.8 Å². The summed E-state index contributed by atoms with van der Waals surface area (Å²) in [5.74, 6) is -0.584. The fraction of sp³-hybridized carbons (Fsp3) is 0.571. The highest BCUT2D eigenvalue weighted by Crippen LogP contribution is 2.26. The molecule has 0 radical (unpaired) electrons. The summed E-state index contributed by atoms with van der Waals surface area (Å²) in [5, 5.41) is 12.0. The molecule has 2 heterocycles. The number of ether oxygens (including phenoxy) is 1. The van der Waals surface area contributed by atoms with Crippen molar-refractivity contribution in [1.29, 1.82) is 0 Å². The zero-order chi connectivity index (χ0) is 15.6. The number of carbonyl (C=O) groups excluding carboxylic acids is 1. The summed E-state index contributed by atoms with van der Waals surface area (Å²) < 4.78 is 10.3. The number of carboxylic acids is 1. The van der Waals surface area contributed by atoms with Crippen LogP contribution in [0.5, 0.6) is 0 Å². The van der Waals surface area contributed by atoms with Crippen molar-refractivity contribution in [2.75, 3.05) is 13.1 Å². The number of amides is 1. The minimum absolute atomic E-state index is 0.114. The molecule has 1 atom stereocenters. The van der Waals surface area contributed by atoms with Crippen LogP contribution in [0.2, 0.25) is 0 Å². The Morgan fingerprint density at radius 3 is 2.62 bits per heavy atom. The van der Waals surface area contributed by atoms with Gasteiger partial charge >= 0.3 is 12.1 Å². The Kier molecular flexibility index (Phi) is 4.22. The molecule has 1 unspecified atom stereocenters. The van der Waals surface area contributed by atoms with E-state index < -0.39 is 23.7 Å². The number of nitrogens with zero attached hydrogens (tertiary/aromatic N) is 1. The van der Waals surface area contributed by atoms with Crippen LogP contribution in [0, 0.1) is 0 Å². The summed E-state index contributed by atoms with van der Waals surface area (Å²) in [4.78, 5) is 24.7. The van der Waals surface area contributed by atoms with Gasteiger partial charge in [-0.3, -0.25) is 9.69 Å². The lowest BCUT2D eigenvalue weighted by Gasteiger charge is -2.42. The van der Waals surface area contributed by atoms with Crippen LogP contribution in [0.1, 0.15) is 32.6 Å². The van der Waals surface area contributed by atoms with E-state index in [1.807, 2.05) is 0 Å². The fourth-order valence-corrected chi connectivity index (χ4v) is 2.19. The number of furan rings is 1. The van der Waals surface area contributed by atoms with Gasteiger partial charge in [0.2, 0.25) is 0 Å². The van der Waals surface area contributed by atoms with Crippen molar-refractivity contribution >= 4 is 12.1 Å². The molecule has 0 aromatic carbocycles. The number of hydrogen-bond donors (Lipinski definition) is 2. The smallest absolute Gasteiger partial charge is 0.407 e. The first-order valence-electron chi connectivity index (χ1n) is 6.76. The lowest BCUT2D eigenvalue weighted by molar-refractivity contribution is -0.146. The number of nitrogens with one attached hydrogen (secondary N) is 1. The third-order valence-electron chi connectivity index (χ3n) is 3.04. The number of rotatable bonds is 4. The first kappa shape index (κ1) is 15.4. The Morgan fingerprint density at radius 1 is 1.48 bits per heavy atom. The van der Waals surface area contributed by atoms with Gasteiger partial charge in [-0.05, 0) is 32.9 Å². The molecule has 2 rings (SSSR count). The highest BCUT2D eigenvalue weighted by atomic mass is 16.6. The van der Waals surface area contributed by atoms with Crippen molar-refractivity contribution in [3.63, 3.8) is 0 Å². The number of hydrogen-bond acceptors (Lipinski definition) is 5. The molecule has 1 saturated heterocycles. The molecular weight excluding hydrogens is 276 g/mol. The summed E-state index contributed by atoms with van der Waals surface area (Å²) in [6.07, 6.45) is 0.957. The molecule has 1 amide bonds. The zero-order valence-electron chi connectivity index (χ0n) is 12.3. The second-order valence-electron chi connectivity index (χ2n) is 6.05. The topological polar surface area (TPSA) is 92.0 Å². The molecule has 0 saturated carbocycles. The van der Waals surface area contributed by atoms with E-state index in [1.165, 1.54) is 6.26 Å². The predicted molar refractivity (Wildman–Crippen MR) is 73.8 cm³/mol. The second-order valence-corrected chi connectivity index (χ2v) is 6.05. The van der Waals surface area contributed by atoms with E-state index >= 15 is 0 Å². The minimum atomic E-state index is -0.972. The molecule has 1 aromatic heterocycles. The van der Waals surface area contributed by atoms with E-state index in [9.17, 15) is 14.7 Å². The highest BCUT2D eigenvalue weighted by molar-refractivity contribution is 5.75. The molecule has 0 aliphatic carbocycles. The van der Waals surface area contributed by atoms with Gasteiger partial charge in [0.05, 0.1) is 12.3 Å². The maximum Gasteiger partial charge on any atom is 0.407 e. The number of alkyl carbamates (subject to hydrolysis) is 1. The summed E-state index contributed by atoms with van der Waals surface area (Å²) in [6, 6.07) is 2.35. The van der Waals surface area contributed by atoms with E-state index in [2.05, 4.69) is 5.32 Å². The molecule has 7 nitrogen and oxygen atoms in total. The van der Waals surface area contributed by atoms with Crippen LogP contribution < -0.4 is 5.32 Å². The fourth-order valence-electron chi connectivity index (χ4n) is 2.19. The monoisotopic (exact) mass is 296 g/mol. The van der Waals surface area contributed by atoms with E-state index in [1.54, 1.807) is 37.8 Å². The number of aliphatic carboxylic acids is 1. The van der Waals surface area contributed by atoms with E-state index in [0.717, 1.165) is 0 Å². The molecule has 116 valence electrons. The highest BCUT2D eigenvalue weighted by Gasteiger charge is 2.39. The van der Waals surface area contributed by atoms with Crippen LogP contribution in [0.4, 0.5) is 4.79 Å². The molecular formula is C14H20N2O5. The van der Waals surface area contributed by atoms with Gasteiger partial charge < -0.3 is 19.6 Å². The predicted octanol–water partition coefficient (Wildman–Crippen LogP) is 1.61. The van der Waals surface area contributed by atoms with E-state index in [-0.39, 0.29) is 6.04 Å². The van der Waals surface area contributed by atoms with Crippen molar-refractivity contribution in [2.45, 2.75) is 38.5 Å². The van der Waals surface area contributed by atoms with Gasteiger partial charge in [-0.25, -0.2) is 4.79 Å². The summed E-state index contributed by atoms with van der Waals surface area (Å²) in [7, 11) is 0. The van der Waals surface area contributed by atoms with Gasteiger partial charge in [0.25, 0.3) is 0 Å². The summed E-state index contributed by atoms with van der Waals surface area (Å²) in [5.41, 5.74) is -0.550. The Bertz CT molecular complexity index is 500. The molecule has 1 aliphatic rings. The summed E-state index contributed by atoms with van der Waals surface area (Å²) >= 11 is 0.